The molecule has 0 aromatic heterocycles. The molecule has 3 atom stereocenters. The van der Waals surface area contributed by atoms with E-state index in [1.807, 2.05) is 0 Å². The highest BCUT2D eigenvalue weighted by molar-refractivity contribution is 6.31. The summed E-state index contributed by atoms with van der Waals surface area (Å²) in [5.41, 5.74) is 4.04. The van der Waals surface area contributed by atoms with Gasteiger partial charge in [-0.1, -0.05) is 11.6 Å². The molecule has 35 heavy (non-hydrogen) atoms. The fourth-order valence-electron chi connectivity index (χ4n) is 4.47. The molecule has 0 bridgehead atoms. The second kappa shape index (κ2) is 10.1. The van der Waals surface area contributed by atoms with E-state index >= 15 is 0 Å². The highest BCUT2D eigenvalue weighted by atomic mass is 35.5. The molecule has 2 fully saturated rings. The summed E-state index contributed by atoms with van der Waals surface area (Å²) < 4.78 is 45.0. The van der Waals surface area contributed by atoms with Crippen LogP contribution in [0.1, 0.15) is 45.6 Å². The van der Waals surface area contributed by atoms with Crippen LogP contribution in [0, 0.1) is 5.92 Å². The van der Waals surface area contributed by atoms with Gasteiger partial charge in [0.25, 0.3) is 0 Å². The second-order valence-electron chi connectivity index (χ2n) is 9.89. The topological polar surface area (TPSA) is 105 Å². The van der Waals surface area contributed by atoms with Gasteiger partial charge in [0.15, 0.2) is 0 Å². The molecule has 8 nitrogen and oxygen atoms in total. The number of rotatable bonds is 4. The number of amides is 3. The van der Waals surface area contributed by atoms with E-state index in [-0.39, 0.29) is 36.1 Å². The number of nitrogens with zero attached hydrogens (tertiary/aromatic N) is 2. The molecule has 2 aliphatic heterocycles. The van der Waals surface area contributed by atoms with E-state index < -0.39 is 47.3 Å². The summed E-state index contributed by atoms with van der Waals surface area (Å²) in [6.45, 7) is 5.87. The molecule has 3 unspecified atom stereocenters. The molecule has 2 heterocycles. The molecule has 3 rings (SSSR count). The van der Waals surface area contributed by atoms with E-state index in [0.29, 0.717) is 19.4 Å². The van der Waals surface area contributed by atoms with Crippen molar-refractivity contribution in [3.63, 3.8) is 0 Å². The van der Waals surface area contributed by atoms with Crippen molar-refractivity contribution in [2.75, 3.05) is 25.0 Å². The Labute approximate surface area is 206 Å². The van der Waals surface area contributed by atoms with Gasteiger partial charge in [-0.3, -0.25) is 9.59 Å². The first-order valence-corrected chi connectivity index (χ1v) is 11.8. The first kappa shape index (κ1) is 26.9. The van der Waals surface area contributed by atoms with Gasteiger partial charge >= 0.3 is 12.3 Å². The van der Waals surface area contributed by atoms with Gasteiger partial charge in [0.05, 0.1) is 17.5 Å². The first-order valence-electron chi connectivity index (χ1n) is 11.4. The highest BCUT2D eigenvalue weighted by Gasteiger charge is 2.43. The standard InChI is InChI=1S/C23H30ClF3N4O4/c1-22(2,3)35-21(34)30-8-6-16(19(28)32)18(12-30)31-7-4-5-17(20(31)33)29-15-10-13(23(25,26)27)9-14(24)11-15/h9-11,16-18,29H,4-8,12H2,1-3H3,(H2,28,32). The summed E-state index contributed by atoms with van der Waals surface area (Å²) in [5, 5.41) is 2.75. The van der Waals surface area contributed by atoms with Crippen molar-refractivity contribution < 1.29 is 32.3 Å². The van der Waals surface area contributed by atoms with Crippen LogP contribution in [0.15, 0.2) is 18.2 Å². The molecule has 0 spiro atoms. The number of halogens is 4. The number of hydrogen-bond donors (Lipinski definition) is 2. The van der Waals surface area contributed by atoms with Crippen LogP contribution in [0.3, 0.4) is 0 Å². The minimum absolute atomic E-state index is 0.0653. The maximum Gasteiger partial charge on any atom is 0.416 e. The molecular formula is C23H30ClF3N4O4. The predicted molar refractivity (Wildman–Crippen MR) is 124 cm³/mol. The van der Waals surface area contributed by atoms with Crippen LogP contribution in [-0.2, 0) is 20.5 Å². The Bertz CT molecular complexity index is 982. The van der Waals surface area contributed by atoms with Crippen LogP contribution in [-0.4, -0.2) is 65.0 Å². The molecule has 0 aliphatic carbocycles. The number of hydrogen-bond acceptors (Lipinski definition) is 5. The number of primary amides is 1. The monoisotopic (exact) mass is 518 g/mol. The number of likely N-dealkylation sites (tertiary alicyclic amines) is 2. The van der Waals surface area contributed by atoms with Gasteiger partial charge in [-0.15, -0.1) is 0 Å². The van der Waals surface area contributed by atoms with E-state index in [2.05, 4.69) is 5.32 Å². The maximum absolute atomic E-state index is 13.4. The highest BCUT2D eigenvalue weighted by Crippen LogP contribution is 2.34. The Hall–Kier alpha value is -2.69. The number of nitrogens with one attached hydrogen (secondary N) is 1. The zero-order chi connectivity index (χ0) is 26.1. The summed E-state index contributed by atoms with van der Waals surface area (Å²) in [4.78, 5) is 41.1. The third-order valence-corrected chi connectivity index (χ3v) is 6.26. The normalized spacial score (nSPS) is 23.7. The van der Waals surface area contributed by atoms with E-state index in [1.54, 1.807) is 20.8 Å². The number of carbonyl (C=O) groups is 3. The molecule has 1 aromatic rings. The third-order valence-electron chi connectivity index (χ3n) is 6.04. The number of carbonyl (C=O) groups excluding carboxylic acids is 3. The summed E-state index contributed by atoms with van der Waals surface area (Å²) in [6.07, 6.45) is -3.95. The van der Waals surface area contributed by atoms with Crippen molar-refractivity contribution in [2.45, 2.75) is 63.9 Å². The minimum atomic E-state index is -4.59. The first-order chi connectivity index (χ1) is 16.2. The van der Waals surface area contributed by atoms with Gasteiger partial charge in [0, 0.05) is 30.3 Å². The molecular weight excluding hydrogens is 489 g/mol. The fourth-order valence-corrected chi connectivity index (χ4v) is 4.71. The number of anilines is 1. The van der Waals surface area contributed by atoms with E-state index in [9.17, 15) is 27.6 Å². The predicted octanol–water partition coefficient (Wildman–Crippen LogP) is 3.87. The van der Waals surface area contributed by atoms with Gasteiger partial charge in [-0.2, -0.15) is 13.2 Å². The summed E-state index contributed by atoms with van der Waals surface area (Å²) in [6, 6.07) is 1.53. The number of nitrogens with two attached hydrogens (primary N) is 1. The Morgan fingerprint density at radius 2 is 1.83 bits per heavy atom. The Balaban J connectivity index is 1.80. The van der Waals surface area contributed by atoms with Crippen LogP contribution in [0.4, 0.5) is 23.7 Å². The lowest BCUT2D eigenvalue weighted by atomic mass is 9.88. The second-order valence-corrected chi connectivity index (χ2v) is 10.3. The van der Waals surface area contributed by atoms with Gasteiger partial charge in [0.2, 0.25) is 11.8 Å². The zero-order valence-corrected chi connectivity index (χ0v) is 20.6. The lowest BCUT2D eigenvalue weighted by Gasteiger charge is -2.45. The number of ether oxygens (including phenoxy) is 1. The van der Waals surface area contributed by atoms with Crippen LogP contribution in [0.5, 0.6) is 0 Å². The van der Waals surface area contributed by atoms with Crippen molar-refractivity contribution >= 4 is 35.2 Å². The van der Waals surface area contributed by atoms with Crippen LogP contribution in [0.2, 0.25) is 5.02 Å². The van der Waals surface area contributed by atoms with Crippen molar-refractivity contribution in [3.8, 4) is 0 Å². The lowest BCUT2D eigenvalue weighted by molar-refractivity contribution is -0.142. The summed E-state index contributed by atoms with van der Waals surface area (Å²) in [5.74, 6) is -1.63. The fraction of sp³-hybridized carbons (Fsp3) is 0.609. The molecule has 2 saturated heterocycles. The number of alkyl halides is 3. The SMILES string of the molecule is CC(C)(C)OC(=O)N1CCC(C(N)=O)C(N2CCCC(Nc3cc(Cl)cc(C(F)(F)F)c3)C2=O)C1. The average Bonchev–Trinajstić information content (AvgIpc) is 2.72. The van der Waals surface area contributed by atoms with Gasteiger partial charge in [-0.25, -0.2) is 4.79 Å². The molecule has 3 amide bonds. The molecule has 1 aromatic carbocycles. The number of benzene rings is 1. The number of piperidine rings is 2. The summed E-state index contributed by atoms with van der Waals surface area (Å²) in [7, 11) is 0. The van der Waals surface area contributed by atoms with Crippen molar-refractivity contribution in [3.05, 3.63) is 28.8 Å². The Kier molecular flexibility index (Phi) is 7.78. The average molecular weight is 519 g/mol. The van der Waals surface area contributed by atoms with Gasteiger partial charge in [0.1, 0.15) is 11.6 Å². The van der Waals surface area contributed by atoms with Crippen molar-refractivity contribution in [1.29, 1.82) is 0 Å². The lowest BCUT2D eigenvalue weighted by Crippen LogP contribution is -2.62. The molecule has 0 saturated carbocycles. The minimum Gasteiger partial charge on any atom is -0.444 e. The van der Waals surface area contributed by atoms with Gasteiger partial charge in [-0.05, 0) is 58.2 Å². The van der Waals surface area contributed by atoms with Crippen LogP contribution < -0.4 is 11.1 Å². The Morgan fingerprint density at radius 1 is 1.14 bits per heavy atom. The molecule has 3 N–H and O–H groups in total. The largest absolute Gasteiger partial charge is 0.444 e. The Morgan fingerprint density at radius 3 is 2.43 bits per heavy atom. The third kappa shape index (κ3) is 6.71. The van der Waals surface area contributed by atoms with Crippen molar-refractivity contribution in [2.24, 2.45) is 11.7 Å². The summed E-state index contributed by atoms with van der Waals surface area (Å²) >= 11 is 5.87. The van der Waals surface area contributed by atoms with Crippen LogP contribution >= 0.6 is 11.6 Å². The van der Waals surface area contributed by atoms with E-state index in [4.69, 9.17) is 22.1 Å². The molecule has 194 valence electrons. The zero-order valence-electron chi connectivity index (χ0n) is 19.8. The molecule has 2 aliphatic rings. The maximum atomic E-state index is 13.4. The van der Waals surface area contributed by atoms with Gasteiger partial charge < -0.3 is 25.6 Å². The van der Waals surface area contributed by atoms with E-state index in [1.165, 1.54) is 15.9 Å². The molecule has 0 radical (unpaired) electrons. The van der Waals surface area contributed by atoms with Crippen molar-refractivity contribution in [1.82, 2.24) is 9.80 Å². The van der Waals surface area contributed by atoms with E-state index in [0.717, 1.165) is 12.1 Å². The smallest absolute Gasteiger partial charge is 0.416 e. The quantitative estimate of drug-likeness (QED) is 0.629. The molecule has 12 heteroatoms. The van der Waals surface area contributed by atoms with Crippen LogP contribution in [0.25, 0.3) is 0 Å².